The number of aliphatic hydroxyl groups excluding tert-OH is 1. The molecule has 1 aromatic carbocycles. The first-order valence-corrected chi connectivity index (χ1v) is 5.39. The maximum atomic E-state index is 12.2. The van der Waals surface area contributed by atoms with E-state index < -0.39 is 6.36 Å². The molecular weight excluding hydrogens is 233 g/mol. The maximum Gasteiger partial charge on any atom is 0.573 e. The van der Waals surface area contributed by atoms with Crippen molar-refractivity contribution in [1.82, 2.24) is 0 Å². The van der Waals surface area contributed by atoms with E-state index in [2.05, 4.69) is 4.74 Å². The molecule has 0 radical (unpaired) electrons. The van der Waals surface area contributed by atoms with Crippen LogP contribution >= 0.6 is 0 Å². The summed E-state index contributed by atoms with van der Waals surface area (Å²) in [4.78, 5) is 0. The normalized spacial score (nSPS) is 17.9. The lowest BCUT2D eigenvalue weighted by atomic mass is 9.97. The largest absolute Gasteiger partial charge is 0.573 e. The minimum atomic E-state index is -4.67. The van der Waals surface area contributed by atoms with Crippen molar-refractivity contribution >= 4 is 0 Å². The van der Waals surface area contributed by atoms with Crippen molar-refractivity contribution in [2.75, 3.05) is 6.61 Å². The Morgan fingerprint density at radius 3 is 2.41 bits per heavy atom. The summed E-state index contributed by atoms with van der Waals surface area (Å²) in [5.74, 6) is -0.167. The van der Waals surface area contributed by atoms with Crippen molar-refractivity contribution in [3.05, 3.63) is 29.8 Å². The van der Waals surface area contributed by atoms with Crippen LogP contribution in [-0.4, -0.2) is 18.1 Å². The second-order valence-corrected chi connectivity index (χ2v) is 4.49. The average molecular weight is 246 g/mol. The summed E-state index contributed by atoms with van der Waals surface area (Å²) >= 11 is 0. The second-order valence-electron chi connectivity index (χ2n) is 4.49. The van der Waals surface area contributed by atoms with Gasteiger partial charge in [-0.3, -0.25) is 0 Å². The van der Waals surface area contributed by atoms with Crippen molar-refractivity contribution in [2.45, 2.75) is 25.6 Å². The number of aliphatic hydroxyl groups is 1. The molecule has 1 fully saturated rings. The van der Waals surface area contributed by atoms with Gasteiger partial charge in [0.2, 0.25) is 0 Å². The number of alkyl halides is 3. The summed E-state index contributed by atoms with van der Waals surface area (Å²) in [5.41, 5.74) is 0.266. The highest BCUT2D eigenvalue weighted by molar-refractivity contribution is 5.35. The third-order valence-electron chi connectivity index (χ3n) is 3.06. The number of rotatable bonds is 4. The Kier molecular flexibility index (Phi) is 3.03. The van der Waals surface area contributed by atoms with E-state index in [4.69, 9.17) is 0 Å². The molecule has 1 aromatic rings. The van der Waals surface area contributed by atoms with Gasteiger partial charge in [-0.25, -0.2) is 0 Å². The highest BCUT2D eigenvalue weighted by atomic mass is 19.4. The Bertz CT molecular complexity index is 397. The number of ether oxygens (including phenoxy) is 1. The van der Waals surface area contributed by atoms with Gasteiger partial charge in [0.1, 0.15) is 5.75 Å². The minimum absolute atomic E-state index is 0.00729. The average Bonchev–Trinajstić information content (AvgIpc) is 3.00. The first-order valence-electron chi connectivity index (χ1n) is 5.39. The van der Waals surface area contributed by atoms with Crippen molar-refractivity contribution in [3.63, 3.8) is 0 Å². The molecule has 17 heavy (non-hydrogen) atoms. The molecule has 2 nitrogen and oxygen atoms in total. The van der Waals surface area contributed by atoms with Gasteiger partial charge in [-0.2, -0.15) is 0 Å². The van der Waals surface area contributed by atoms with Crippen molar-refractivity contribution < 1.29 is 23.0 Å². The van der Waals surface area contributed by atoms with Crippen LogP contribution in [0.1, 0.15) is 18.4 Å². The number of para-hydroxylation sites is 1. The lowest BCUT2D eigenvalue weighted by molar-refractivity contribution is -0.274. The predicted octanol–water partition coefficient (Wildman–Crippen LogP) is 2.90. The second kappa shape index (κ2) is 4.22. The number of halogens is 3. The number of benzene rings is 1. The van der Waals surface area contributed by atoms with Crippen LogP contribution < -0.4 is 4.74 Å². The SMILES string of the molecule is OCC1(Cc2ccccc2OC(F)(F)F)CC1. The first-order chi connectivity index (χ1) is 7.94. The smallest absolute Gasteiger partial charge is 0.406 e. The van der Waals surface area contributed by atoms with Gasteiger partial charge in [0.05, 0.1) is 0 Å². The molecule has 0 aliphatic heterocycles. The van der Waals surface area contributed by atoms with E-state index >= 15 is 0 Å². The lowest BCUT2D eigenvalue weighted by Gasteiger charge is -2.16. The topological polar surface area (TPSA) is 29.5 Å². The Balaban J connectivity index is 2.16. The fourth-order valence-corrected chi connectivity index (χ4v) is 1.85. The molecule has 0 spiro atoms. The molecule has 94 valence electrons. The Morgan fingerprint density at radius 2 is 1.88 bits per heavy atom. The van der Waals surface area contributed by atoms with E-state index in [1.54, 1.807) is 12.1 Å². The zero-order valence-electron chi connectivity index (χ0n) is 9.13. The van der Waals surface area contributed by atoms with E-state index in [1.165, 1.54) is 12.1 Å². The molecule has 1 aliphatic carbocycles. The third kappa shape index (κ3) is 3.12. The molecule has 0 saturated heterocycles. The van der Waals surface area contributed by atoms with Crippen molar-refractivity contribution in [2.24, 2.45) is 5.41 Å². The highest BCUT2D eigenvalue weighted by Gasteiger charge is 2.43. The summed E-state index contributed by atoms with van der Waals surface area (Å²) in [6.45, 7) is 0.00729. The molecule has 0 heterocycles. The molecule has 1 saturated carbocycles. The van der Waals surface area contributed by atoms with Crippen LogP contribution in [0.15, 0.2) is 24.3 Å². The fourth-order valence-electron chi connectivity index (χ4n) is 1.85. The number of hydrogen-bond donors (Lipinski definition) is 1. The van der Waals surface area contributed by atoms with Gasteiger partial charge in [-0.15, -0.1) is 13.2 Å². The molecule has 0 atom stereocenters. The summed E-state index contributed by atoms with van der Waals surface area (Å²) in [7, 11) is 0. The van der Waals surface area contributed by atoms with Crippen LogP contribution in [0.4, 0.5) is 13.2 Å². The highest BCUT2D eigenvalue weighted by Crippen LogP contribution is 2.49. The zero-order valence-corrected chi connectivity index (χ0v) is 9.13. The van der Waals surface area contributed by atoms with E-state index in [9.17, 15) is 18.3 Å². The van der Waals surface area contributed by atoms with Gasteiger partial charge in [-0.1, -0.05) is 18.2 Å². The van der Waals surface area contributed by atoms with Crippen molar-refractivity contribution in [1.29, 1.82) is 0 Å². The first kappa shape index (κ1) is 12.2. The summed E-state index contributed by atoms with van der Waals surface area (Å²) in [6.07, 6.45) is -2.55. The van der Waals surface area contributed by atoms with Crippen LogP contribution in [0.3, 0.4) is 0 Å². The minimum Gasteiger partial charge on any atom is -0.406 e. The van der Waals surface area contributed by atoms with Gasteiger partial charge in [-0.05, 0) is 36.3 Å². The Hall–Kier alpha value is -1.23. The van der Waals surface area contributed by atoms with Gasteiger partial charge in [0.25, 0.3) is 0 Å². The molecule has 1 aliphatic rings. The standard InChI is InChI=1S/C12H13F3O2/c13-12(14,15)17-10-4-2-1-3-9(10)7-11(8-16)5-6-11/h1-4,16H,5-8H2. The molecule has 0 amide bonds. The van der Waals surface area contributed by atoms with Crippen LogP contribution in [0, 0.1) is 5.41 Å². The van der Waals surface area contributed by atoms with E-state index in [-0.39, 0.29) is 17.8 Å². The summed E-state index contributed by atoms with van der Waals surface area (Å²) in [6, 6.07) is 6.09. The van der Waals surface area contributed by atoms with E-state index in [0.717, 1.165) is 12.8 Å². The zero-order chi connectivity index (χ0) is 12.5. The fraction of sp³-hybridized carbons (Fsp3) is 0.500. The Labute approximate surface area is 97.0 Å². The number of hydrogen-bond acceptors (Lipinski definition) is 2. The molecule has 2 rings (SSSR count). The summed E-state index contributed by atoms with van der Waals surface area (Å²) in [5, 5.41) is 9.18. The molecule has 1 N–H and O–H groups in total. The Morgan fingerprint density at radius 1 is 1.24 bits per heavy atom. The van der Waals surface area contributed by atoms with Gasteiger partial charge >= 0.3 is 6.36 Å². The maximum absolute atomic E-state index is 12.2. The van der Waals surface area contributed by atoms with Crippen LogP contribution in [0.5, 0.6) is 5.75 Å². The van der Waals surface area contributed by atoms with E-state index in [0.29, 0.717) is 12.0 Å². The van der Waals surface area contributed by atoms with Crippen molar-refractivity contribution in [3.8, 4) is 5.75 Å². The third-order valence-corrected chi connectivity index (χ3v) is 3.06. The van der Waals surface area contributed by atoms with Crippen LogP contribution in [-0.2, 0) is 6.42 Å². The van der Waals surface area contributed by atoms with E-state index in [1.807, 2.05) is 0 Å². The summed E-state index contributed by atoms with van der Waals surface area (Å²) < 4.78 is 40.5. The molecule has 0 aromatic heterocycles. The van der Waals surface area contributed by atoms with Crippen LogP contribution in [0.2, 0.25) is 0 Å². The monoisotopic (exact) mass is 246 g/mol. The quantitative estimate of drug-likeness (QED) is 0.885. The van der Waals surface area contributed by atoms with Gasteiger partial charge < -0.3 is 9.84 Å². The van der Waals surface area contributed by atoms with Crippen LogP contribution in [0.25, 0.3) is 0 Å². The van der Waals surface area contributed by atoms with Gasteiger partial charge in [0, 0.05) is 6.61 Å². The molecule has 0 unspecified atom stereocenters. The predicted molar refractivity (Wildman–Crippen MR) is 55.6 cm³/mol. The lowest BCUT2D eigenvalue weighted by Crippen LogP contribution is -2.19. The molecule has 0 bridgehead atoms. The molecular formula is C12H13F3O2. The van der Waals surface area contributed by atoms with Gasteiger partial charge in [0.15, 0.2) is 0 Å². The molecule has 5 heteroatoms.